The molecule has 0 aromatic carbocycles. The number of nitrogens with one attached hydrogen (secondary N) is 1. The van der Waals surface area contributed by atoms with Crippen LogP contribution in [0.15, 0.2) is 15.5 Å². The molecule has 0 saturated carbocycles. The molecule has 1 aliphatic rings. The molecular weight excluding hydrogens is 430 g/mol. The third kappa shape index (κ3) is 3.12. The van der Waals surface area contributed by atoms with E-state index in [4.69, 9.17) is 0 Å². The van der Waals surface area contributed by atoms with Gasteiger partial charge in [-0.3, -0.25) is 19.7 Å². The van der Waals surface area contributed by atoms with E-state index >= 15 is 0 Å². The molecule has 27 heavy (non-hydrogen) atoms. The number of rotatable bonds is 3. The predicted molar refractivity (Wildman–Crippen MR) is 109 cm³/mol. The van der Waals surface area contributed by atoms with E-state index in [9.17, 15) is 9.59 Å². The highest BCUT2D eigenvalue weighted by molar-refractivity contribution is 9.10. The predicted octanol–water partition coefficient (Wildman–Crippen LogP) is 3.24. The summed E-state index contributed by atoms with van der Waals surface area (Å²) in [6.07, 6.45) is 5.90. The Morgan fingerprint density at radius 2 is 2.07 bits per heavy atom. The van der Waals surface area contributed by atoms with Gasteiger partial charge in [0.1, 0.15) is 16.7 Å². The second-order valence-corrected chi connectivity index (χ2v) is 8.82. The highest BCUT2D eigenvalue weighted by atomic mass is 79.9. The molecule has 0 spiro atoms. The van der Waals surface area contributed by atoms with Crippen LogP contribution in [0.3, 0.4) is 0 Å². The third-order valence-corrected chi connectivity index (χ3v) is 6.98. The van der Waals surface area contributed by atoms with E-state index in [1.54, 1.807) is 36.1 Å². The summed E-state index contributed by atoms with van der Waals surface area (Å²) in [5.74, 6) is 0.157. The average molecular weight is 450 g/mol. The van der Waals surface area contributed by atoms with Crippen molar-refractivity contribution in [3.05, 3.63) is 43.0 Å². The highest BCUT2D eigenvalue weighted by Crippen LogP contribution is 2.33. The van der Waals surface area contributed by atoms with Crippen molar-refractivity contribution < 1.29 is 4.79 Å². The Morgan fingerprint density at radius 1 is 1.33 bits per heavy atom. The first-order valence-corrected chi connectivity index (χ1v) is 10.5. The van der Waals surface area contributed by atoms with E-state index < -0.39 is 6.04 Å². The number of aromatic nitrogens is 4. The lowest BCUT2D eigenvalue weighted by Crippen LogP contribution is -2.38. The van der Waals surface area contributed by atoms with Crippen molar-refractivity contribution in [2.45, 2.75) is 52.5 Å². The molecule has 1 atom stereocenters. The van der Waals surface area contributed by atoms with Gasteiger partial charge in [-0.2, -0.15) is 5.10 Å². The minimum Gasteiger partial charge on any atom is -0.271 e. The molecule has 0 bridgehead atoms. The highest BCUT2D eigenvalue weighted by Gasteiger charge is 2.23. The lowest BCUT2D eigenvalue weighted by atomic mass is 9.97. The van der Waals surface area contributed by atoms with Crippen LogP contribution in [0.4, 0.5) is 0 Å². The fraction of sp³-hybridized carbons (Fsp3) is 0.444. The zero-order valence-electron chi connectivity index (χ0n) is 15.4. The molecule has 1 N–H and O–H groups in total. The number of carbonyl (C=O) groups is 1. The maximum atomic E-state index is 13.1. The van der Waals surface area contributed by atoms with Crippen molar-refractivity contribution >= 4 is 43.4 Å². The number of aryl methyl sites for hydroxylation is 4. The van der Waals surface area contributed by atoms with E-state index in [0.717, 1.165) is 46.2 Å². The van der Waals surface area contributed by atoms with Crippen molar-refractivity contribution in [1.82, 2.24) is 19.4 Å². The van der Waals surface area contributed by atoms with E-state index in [2.05, 4.69) is 31.4 Å². The fourth-order valence-electron chi connectivity index (χ4n) is 3.42. The van der Waals surface area contributed by atoms with Gasteiger partial charge in [0, 0.05) is 11.1 Å². The second kappa shape index (κ2) is 6.87. The van der Waals surface area contributed by atoms with Crippen LogP contribution in [-0.2, 0) is 17.6 Å². The molecule has 142 valence electrons. The summed E-state index contributed by atoms with van der Waals surface area (Å²) in [5.41, 5.74) is 4.44. The van der Waals surface area contributed by atoms with Crippen LogP contribution in [0, 0.1) is 13.8 Å². The molecule has 1 unspecified atom stereocenters. The summed E-state index contributed by atoms with van der Waals surface area (Å²) in [6, 6.07) is -0.562. The number of nitrogens with zero attached hydrogens (tertiary/aromatic N) is 4. The molecule has 3 aromatic heterocycles. The lowest BCUT2D eigenvalue weighted by molar-refractivity contribution is -0.120. The van der Waals surface area contributed by atoms with E-state index in [-0.39, 0.29) is 11.5 Å². The van der Waals surface area contributed by atoms with Crippen LogP contribution in [-0.4, -0.2) is 25.3 Å². The van der Waals surface area contributed by atoms with Crippen LogP contribution < -0.4 is 11.0 Å². The number of amides is 1. The first kappa shape index (κ1) is 18.4. The zero-order valence-corrected chi connectivity index (χ0v) is 17.8. The van der Waals surface area contributed by atoms with Gasteiger partial charge in [-0.25, -0.2) is 9.66 Å². The first-order chi connectivity index (χ1) is 12.9. The Hall–Kier alpha value is -2.00. The van der Waals surface area contributed by atoms with E-state index in [1.807, 2.05) is 6.92 Å². The Morgan fingerprint density at radius 3 is 2.78 bits per heavy atom. The maximum Gasteiger partial charge on any atom is 0.281 e. The van der Waals surface area contributed by atoms with Gasteiger partial charge in [0.15, 0.2) is 0 Å². The molecule has 0 radical (unpaired) electrons. The Labute approximate surface area is 168 Å². The van der Waals surface area contributed by atoms with E-state index in [1.165, 1.54) is 9.55 Å². The van der Waals surface area contributed by atoms with Gasteiger partial charge in [0.25, 0.3) is 11.5 Å². The Kier molecular flexibility index (Phi) is 4.67. The zero-order chi connectivity index (χ0) is 19.3. The van der Waals surface area contributed by atoms with Crippen molar-refractivity contribution in [2.75, 3.05) is 5.43 Å². The van der Waals surface area contributed by atoms with Crippen LogP contribution in [0.1, 0.15) is 47.8 Å². The topological polar surface area (TPSA) is 81.8 Å². The smallest absolute Gasteiger partial charge is 0.271 e. The summed E-state index contributed by atoms with van der Waals surface area (Å²) in [6.45, 7) is 5.34. The maximum absolute atomic E-state index is 13.1. The Bertz CT molecular complexity index is 1090. The van der Waals surface area contributed by atoms with Gasteiger partial charge >= 0.3 is 0 Å². The molecular formula is C18H20BrN5O2S. The molecule has 3 heterocycles. The fourth-order valence-corrected chi connectivity index (χ4v) is 5.01. The third-order valence-electron chi connectivity index (χ3n) is 5.01. The molecule has 0 aliphatic heterocycles. The van der Waals surface area contributed by atoms with Gasteiger partial charge in [0.2, 0.25) is 0 Å². The summed E-state index contributed by atoms with van der Waals surface area (Å²) in [7, 11) is 0. The first-order valence-electron chi connectivity index (χ1n) is 8.93. The Balaban J connectivity index is 1.71. The van der Waals surface area contributed by atoms with Gasteiger partial charge in [-0.05, 0) is 67.9 Å². The van der Waals surface area contributed by atoms with Crippen molar-refractivity contribution in [3.63, 3.8) is 0 Å². The summed E-state index contributed by atoms with van der Waals surface area (Å²) >= 11 is 5.01. The molecule has 3 aromatic rings. The number of fused-ring (bicyclic) bond motifs is 3. The molecule has 4 rings (SSSR count). The SMILES string of the molecule is Cc1nn(C(C)C(=O)Nn2c(C)nc3sc4c(c3c2=O)CCCC4)cc1Br. The molecule has 0 fully saturated rings. The number of hydrogen-bond donors (Lipinski definition) is 1. The van der Waals surface area contributed by atoms with Gasteiger partial charge in [-0.1, -0.05) is 0 Å². The van der Waals surface area contributed by atoms with Crippen LogP contribution in [0.2, 0.25) is 0 Å². The summed E-state index contributed by atoms with van der Waals surface area (Å²) in [5, 5.41) is 4.98. The molecule has 7 nitrogen and oxygen atoms in total. The number of halogens is 1. The largest absolute Gasteiger partial charge is 0.281 e. The number of carbonyl (C=O) groups excluding carboxylic acids is 1. The minimum absolute atomic E-state index is 0.199. The second-order valence-electron chi connectivity index (χ2n) is 6.89. The monoisotopic (exact) mass is 449 g/mol. The van der Waals surface area contributed by atoms with Gasteiger partial charge < -0.3 is 0 Å². The number of thiophene rings is 1. The van der Waals surface area contributed by atoms with Gasteiger partial charge in [0.05, 0.1) is 15.6 Å². The number of hydrogen-bond acceptors (Lipinski definition) is 5. The molecule has 9 heteroatoms. The average Bonchev–Trinajstić information content (AvgIpc) is 3.17. The van der Waals surface area contributed by atoms with Crippen molar-refractivity contribution in [1.29, 1.82) is 0 Å². The van der Waals surface area contributed by atoms with Crippen LogP contribution in [0.25, 0.3) is 10.2 Å². The van der Waals surface area contributed by atoms with Crippen LogP contribution >= 0.6 is 27.3 Å². The van der Waals surface area contributed by atoms with Crippen LogP contribution in [0.5, 0.6) is 0 Å². The normalized spacial score (nSPS) is 15.0. The summed E-state index contributed by atoms with van der Waals surface area (Å²) < 4.78 is 3.69. The van der Waals surface area contributed by atoms with Crippen molar-refractivity contribution in [2.24, 2.45) is 0 Å². The molecule has 0 saturated heterocycles. The standard InChI is InChI=1S/C18H20BrN5O2S/c1-9-13(19)8-23(21-9)10(2)16(25)22-24-11(3)20-17-15(18(24)26)12-6-4-5-7-14(12)27-17/h8,10H,4-7H2,1-3H3,(H,22,25). The van der Waals surface area contributed by atoms with Crippen molar-refractivity contribution in [3.8, 4) is 0 Å². The molecule has 1 amide bonds. The van der Waals surface area contributed by atoms with E-state index in [0.29, 0.717) is 11.2 Å². The summed E-state index contributed by atoms with van der Waals surface area (Å²) in [4.78, 5) is 32.5. The molecule has 1 aliphatic carbocycles. The minimum atomic E-state index is -0.562. The van der Waals surface area contributed by atoms with Gasteiger partial charge in [-0.15, -0.1) is 11.3 Å². The lowest BCUT2D eigenvalue weighted by Gasteiger charge is -2.16. The quantitative estimate of drug-likeness (QED) is 0.665.